The highest BCUT2D eigenvalue weighted by Gasteiger charge is 2.09. The molecule has 1 atom stereocenters. The summed E-state index contributed by atoms with van der Waals surface area (Å²) in [6.45, 7) is 0.348. The second kappa shape index (κ2) is 3.52. The minimum absolute atomic E-state index is 0.296. The van der Waals surface area contributed by atoms with Crippen molar-refractivity contribution in [3.63, 3.8) is 0 Å². The van der Waals surface area contributed by atoms with E-state index in [-0.39, 0.29) is 6.42 Å². The van der Waals surface area contributed by atoms with E-state index in [0.717, 1.165) is 6.92 Å². The van der Waals surface area contributed by atoms with Crippen LogP contribution in [0.1, 0.15) is 13.3 Å². The molecule has 0 fully saturated rings. The maximum absolute atomic E-state index is 11.9. The predicted molar refractivity (Wildman–Crippen MR) is 26.2 cm³/mol. The molecule has 1 nitrogen and oxygen atoms in total. The molecular weight excluding hydrogens is 114 g/mol. The van der Waals surface area contributed by atoms with Crippen LogP contribution in [0.4, 0.5) is 8.78 Å². The van der Waals surface area contributed by atoms with Crippen LogP contribution in [0.3, 0.4) is 0 Å². The molecule has 1 unspecified atom stereocenters. The van der Waals surface area contributed by atoms with E-state index in [1.807, 2.05) is 0 Å². The van der Waals surface area contributed by atoms with E-state index in [1.54, 1.807) is 0 Å². The predicted octanol–water partition coefficient (Wildman–Crippen LogP) is 1.27. The number of halogens is 2. The first-order chi connectivity index (χ1) is 3.68. The molecule has 0 aliphatic rings. The molecular formula is C5H8F2O. The van der Waals surface area contributed by atoms with Crippen molar-refractivity contribution in [2.45, 2.75) is 19.5 Å². The number of rotatable bonds is 3. The van der Waals surface area contributed by atoms with Crippen molar-refractivity contribution in [1.82, 2.24) is 0 Å². The first kappa shape index (κ1) is 7.53. The third kappa shape index (κ3) is 2.66. The van der Waals surface area contributed by atoms with Crippen LogP contribution >= 0.6 is 0 Å². The molecule has 0 spiro atoms. The lowest BCUT2D eigenvalue weighted by molar-refractivity contribution is -0.121. The number of alkyl halides is 2. The zero-order chi connectivity index (χ0) is 6.57. The Morgan fingerprint density at radius 2 is 2.25 bits per heavy atom. The maximum Gasteiger partial charge on any atom is 0.163 e. The first-order valence-electron chi connectivity index (χ1n) is 2.39. The van der Waals surface area contributed by atoms with Gasteiger partial charge in [-0.1, -0.05) is 0 Å². The van der Waals surface area contributed by atoms with Crippen molar-refractivity contribution in [3.05, 3.63) is 0 Å². The Balaban J connectivity index is 3.32. The van der Waals surface area contributed by atoms with Gasteiger partial charge in [-0.3, -0.25) is 9.18 Å². The lowest BCUT2D eigenvalue weighted by Gasteiger charge is -1.96. The fourth-order valence-corrected chi connectivity index (χ4v) is 0.299. The van der Waals surface area contributed by atoms with Crippen LogP contribution in [0.25, 0.3) is 0 Å². The van der Waals surface area contributed by atoms with Gasteiger partial charge in [0.15, 0.2) is 12.0 Å². The number of hydrogen-bond donors (Lipinski definition) is 0. The normalized spacial score (nSPS) is 13.4. The lowest BCUT2D eigenvalue weighted by Crippen LogP contribution is -2.11. The summed E-state index contributed by atoms with van der Waals surface area (Å²) < 4.78 is 23.1. The third-order valence-electron chi connectivity index (χ3n) is 0.804. The van der Waals surface area contributed by atoms with E-state index in [1.165, 1.54) is 0 Å². The van der Waals surface area contributed by atoms with E-state index in [4.69, 9.17) is 0 Å². The highest BCUT2D eigenvalue weighted by molar-refractivity contribution is 5.80. The van der Waals surface area contributed by atoms with Crippen molar-refractivity contribution < 1.29 is 13.6 Å². The number of ketones is 1. The van der Waals surface area contributed by atoms with Gasteiger partial charge >= 0.3 is 0 Å². The summed E-state index contributed by atoms with van der Waals surface area (Å²) in [5, 5.41) is 0. The quantitative estimate of drug-likeness (QED) is 0.551. The van der Waals surface area contributed by atoms with Crippen LogP contribution in [0.15, 0.2) is 0 Å². The van der Waals surface area contributed by atoms with Gasteiger partial charge in [0.05, 0.1) is 6.67 Å². The summed E-state index contributed by atoms with van der Waals surface area (Å²) in [4.78, 5) is 9.99. The minimum Gasteiger partial charge on any atom is -0.297 e. The van der Waals surface area contributed by atoms with E-state index < -0.39 is 18.6 Å². The SMILES string of the molecule is CC(=O)C(F)CCF. The standard InChI is InChI=1S/C5H8F2O/c1-4(8)5(7)2-3-6/h5H,2-3H2,1H3. The van der Waals surface area contributed by atoms with Gasteiger partial charge in [0.25, 0.3) is 0 Å². The van der Waals surface area contributed by atoms with Gasteiger partial charge in [0.2, 0.25) is 0 Å². The molecule has 8 heavy (non-hydrogen) atoms. The molecule has 0 saturated carbocycles. The zero-order valence-corrected chi connectivity index (χ0v) is 4.66. The number of Topliss-reactive ketones (excluding diaryl/α,β-unsaturated/α-hetero) is 1. The lowest BCUT2D eigenvalue weighted by atomic mass is 10.2. The van der Waals surface area contributed by atoms with Crippen molar-refractivity contribution in [2.24, 2.45) is 0 Å². The largest absolute Gasteiger partial charge is 0.297 e. The second-order valence-electron chi connectivity index (χ2n) is 1.56. The number of hydrogen-bond acceptors (Lipinski definition) is 1. The molecule has 0 rings (SSSR count). The van der Waals surface area contributed by atoms with Crippen LogP contribution in [-0.4, -0.2) is 18.6 Å². The summed E-state index contributed by atoms with van der Waals surface area (Å²) in [6, 6.07) is 0. The molecule has 0 saturated heterocycles. The summed E-state index contributed by atoms with van der Waals surface area (Å²) in [5.74, 6) is -0.595. The van der Waals surface area contributed by atoms with Crippen LogP contribution in [0.2, 0.25) is 0 Å². The summed E-state index contributed by atoms with van der Waals surface area (Å²) >= 11 is 0. The molecule has 0 amide bonds. The monoisotopic (exact) mass is 122 g/mol. The highest BCUT2D eigenvalue weighted by Crippen LogP contribution is 1.98. The fraction of sp³-hybridized carbons (Fsp3) is 0.800. The van der Waals surface area contributed by atoms with Crippen LogP contribution in [0, 0.1) is 0 Å². The molecule has 0 aromatic carbocycles. The molecule has 0 N–H and O–H groups in total. The minimum atomic E-state index is -1.60. The van der Waals surface area contributed by atoms with Crippen molar-refractivity contribution in [1.29, 1.82) is 0 Å². The van der Waals surface area contributed by atoms with E-state index in [0.29, 0.717) is 0 Å². The molecule has 0 aromatic rings. The van der Waals surface area contributed by atoms with E-state index in [2.05, 4.69) is 0 Å². The van der Waals surface area contributed by atoms with Gasteiger partial charge in [-0.2, -0.15) is 0 Å². The van der Waals surface area contributed by atoms with Crippen LogP contribution in [-0.2, 0) is 4.79 Å². The van der Waals surface area contributed by atoms with Gasteiger partial charge in [0, 0.05) is 6.42 Å². The Bertz CT molecular complexity index is 82.5. The second-order valence-corrected chi connectivity index (χ2v) is 1.56. The van der Waals surface area contributed by atoms with Crippen molar-refractivity contribution >= 4 is 5.78 Å². The average molecular weight is 122 g/mol. The molecule has 0 bridgehead atoms. The first-order valence-corrected chi connectivity index (χ1v) is 2.39. The highest BCUT2D eigenvalue weighted by atomic mass is 19.1. The van der Waals surface area contributed by atoms with Gasteiger partial charge < -0.3 is 0 Å². The molecule has 3 heteroatoms. The Hall–Kier alpha value is -0.470. The summed E-state index contributed by atoms with van der Waals surface area (Å²) in [5.41, 5.74) is 0. The Labute approximate surface area is 46.7 Å². The Morgan fingerprint density at radius 1 is 1.75 bits per heavy atom. The van der Waals surface area contributed by atoms with E-state index in [9.17, 15) is 13.6 Å². The number of carbonyl (C=O) groups is 1. The summed E-state index contributed by atoms with van der Waals surface area (Å²) in [6.07, 6.45) is -1.89. The molecule has 0 aromatic heterocycles. The third-order valence-corrected chi connectivity index (χ3v) is 0.804. The molecule has 0 radical (unpaired) electrons. The molecule has 0 aliphatic carbocycles. The van der Waals surface area contributed by atoms with Gasteiger partial charge in [-0.25, -0.2) is 4.39 Å². The number of carbonyl (C=O) groups excluding carboxylic acids is 1. The van der Waals surface area contributed by atoms with Crippen molar-refractivity contribution in [3.8, 4) is 0 Å². The average Bonchev–Trinajstić information content (AvgIpc) is 1.67. The molecule has 0 heterocycles. The fourth-order valence-electron chi connectivity index (χ4n) is 0.299. The van der Waals surface area contributed by atoms with E-state index >= 15 is 0 Å². The Morgan fingerprint density at radius 3 is 2.38 bits per heavy atom. The smallest absolute Gasteiger partial charge is 0.163 e. The van der Waals surface area contributed by atoms with Gasteiger partial charge in [-0.15, -0.1) is 0 Å². The molecule has 48 valence electrons. The Kier molecular flexibility index (Phi) is 3.31. The van der Waals surface area contributed by atoms with Crippen molar-refractivity contribution in [2.75, 3.05) is 6.67 Å². The van der Waals surface area contributed by atoms with Gasteiger partial charge in [0.1, 0.15) is 0 Å². The summed E-state index contributed by atoms with van der Waals surface area (Å²) in [7, 11) is 0. The van der Waals surface area contributed by atoms with Gasteiger partial charge in [-0.05, 0) is 6.92 Å². The van der Waals surface area contributed by atoms with Crippen LogP contribution < -0.4 is 0 Å². The maximum atomic E-state index is 11.9. The van der Waals surface area contributed by atoms with Crippen LogP contribution in [0.5, 0.6) is 0 Å². The zero-order valence-electron chi connectivity index (χ0n) is 4.66. The molecule has 0 aliphatic heterocycles. The topological polar surface area (TPSA) is 17.1 Å².